The minimum absolute atomic E-state index is 0.0713. The van der Waals surface area contributed by atoms with Crippen LogP contribution in [0, 0.1) is 11.3 Å². The SMILES string of the molecule is CC(C)c1cc2c(cc1Cl)[C@@]1(C)CCC[C@@](C)(C(=O)O)[C@@H]1CC2. The smallest absolute Gasteiger partial charge is 0.309 e. The standard InChI is InChI=1S/C20H27ClO2/c1-12(2)14-10-13-6-7-17-19(3,15(13)11-16(14)21)8-5-9-20(17,4)18(22)23/h10-12,17H,5-9H2,1-4H3,(H,22,23)/t17-,19-,20-/m1/s1. The highest BCUT2D eigenvalue weighted by molar-refractivity contribution is 6.31. The molecule has 0 unspecified atom stereocenters. The zero-order valence-electron chi connectivity index (χ0n) is 14.6. The van der Waals surface area contributed by atoms with E-state index in [2.05, 4.69) is 32.9 Å². The van der Waals surface area contributed by atoms with E-state index in [0.29, 0.717) is 5.92 Å². The lowest BCUT2D eigenvalue weighted by atomic mass is 9.50. The molecule has 1 aromatic carbocycles. The van der Waals surface area contributed by atoms with Gasteiger partial charge in [0.2, 0.25) is 0 Å². The largest absolute Gasteiger partial charge is 0.481 e. The van der Waals surface area contributed by atoms with Crippen LogP contribution >= 0.6 is 11.6 Å². The normalized spacial score (nSPS) is 33.2. The molecule has 0 aromatic heterocycles. The third-order valence-electron chi connectivity index (χ3n) is 6.58. The molecule has 0 spiro atoms. The zero-order valence-corrected chi connectivity index (χ0v) is 15.3. The summed E-state index contributed by atoms with van der Waals surface area (Å²) in [6, 6.07) is 4.42. The van der Waals surface area contributed by atoms with E-state index in [-0.39, 0.29) is 11.3 Å². The van der Waals surface area contributed by atoms with Crippen molar-refractivity contribution >= 4 is 17.6 Å². The van der Waals surface area contributed by atoms with Crippen LogP contribution < -0.4 is 0 Å². The van der Waals surface area contributed by atoms with Gasteiger partial charge in [0.1, 0.15) is 0 Å². The van der Waals surface area contributed by atoms with Crippen LogP contribution in [-0.2, 0) is 16.6 Å². The maximum atomic E-state index is 12.0. The molecule has 0 amide bonds. The molecule has 126 valence electrons. The molecule has 2 aliphatic rings. The molecule has 3 atom stereocenters. The van der Waals surface area contributed by atoms with Crippen molar-refractivity contribution in [3.05, 3.63) is 33.8 Å². The number of aryl methyl sites for hydroxylation is 1. The summed E-state index contributed by atoms with van der Waals surface area (Å²) in [6.45, 7) is 8.56. The minimum Gasteiger partial charge on any atom is -0.481 e. The molecule has 0 heterocycles. The number of halogens is 1. The molecule has 0 radical (unpaired) electrons. The van der Waals surface area contributed by atoms with Crippen molar-refractivity contribution in [3.8, 4) is 0 Å². The lowest BCUT2D eigenvalue weighted by molar-refractivity contribution is -0.157. The van der Waals surface area contributed by atoms with Crippen LogP contribution in [0.3, 0.4) is 0 Å². The molecule has 3 heteroatoms. The Kier molecular flexibility index (Phi) is 4.03. The number of benzene rings is 1. The van der Waals surface area contributed by atoms with E-state index in [1.165, 1.54) is 16.7 Å². The summed E-state index contributed by atoms with van der Waals surface area (Å²) < 4.78 is 0. The number of rotatable bonds is 2. The molecule has 1 aromatic rings. The number of carboxylic acids is 1. The van der Waals surface area contributed by atoms with Gasteiger partial charge in [0.25, 0.3) is 0 Å². The van der Waals surface area contributed by atoms with E-state index < -0.39 is 11.4 Å². The molecule has 2 nitrogen and oxygen atoms in total. The summed E-state index contributed by atoms with van der Waals surface area (Å²) in [7, 11) is 0. The first-order chi connectivity index (χ1) is 10.7. The van der Waals surface area contributed by atoms with E-state index in [0.717, 1.165) is 37.1 Å². The predicted octanol–water partition coefficient (Wildman–Crippen LogP) is 5.56. The van der Waals surface area contributed by atoms with Crippen LogP contribution in [0.2, 0.25) is 5.02 Å². The monoisotopic (exact) mass is 334 g/mol. The van der Waals surface area contributed by atoms with Crippen LogP contribution in [0.5, 0.6) is 0 Å². The summed E-state index contributed by atoms with van der Waals surface area (Å²) in [5.41, 5.74) is 3.21. The molecule has 23 heavy (non-hydrogen) atoms. The van der Waals surface area contributed by atoms with Crippen molar-refractivity contribution in [2.45, 2.75) is 71.1 Å². The molecule has 3 rings (SSSR count). The Labute approximate surface area is 144 Å². The van der Waals surface area contributed by atoms with Gasteiger partial charge in [0.05, 0.1) is 5.41 Å². The molecule has 1 fully saturated rings. The predicted molar refractivity (Wildman–Crippen MR) is 94.3 cm³/mol. The van der Waals surface area contributed by atoms with Crippen LogP contribution in [-0.4, -0.2) is 11.1 Å². The lowest BCUT2D eigenvalue weighted by Gasteiger charge is -2.53. The number of aliphatic carboxylic acids is 1. The summed E-state index contributed by atoms with van der Waals surface area (Å²) in [5.74, 6) is -0.0366. The van der Waals surface area contributed by atoms with Crippen LogP contribution in [0.4, 0.5) is 0 Å². The van der Waals surface area contributed by atoms with Gasteiger partial charge in [-0.1, -0.05) is 44.9 Å². The Morgan fingerprint density at radius 2 is 2.00 bits per heavy atom. The second kappa shape index (κ2) is 5.51. The summed E-state index contributed by atoms with van der Waals surface area (Å²) in [5, 5.41) is 10.7. The van der Waals surface area contributed by atoms with Gasteiger partial charge in [0, 0.05) is 5.02 Å². The topological polar surface area (TPSA) is 37.3 Å². The van der Waals surface area contributed by atoms with E-state index in [9.17, 15) is 9.90 Å². The third kappa shape index (κ3) is 2.41. The second-order valence-electron chi connectivity index (χ2n) is 8.27. The lowest BCUT2D eigenvalue weighted by Crippen LogP contribution is -2.52. The molecule has 1 N–H and O–H groups in total. The fraction of sp³-hybridized carbons (Fsp3) is 0.650. The van der Waals surface area contributed by atoms with E-state index in [1.54, 1.807) is 0 Å². The summed E-state index contributed by atoms with van der Waals surface area (Å²) in [4.78, 5) is 12.0. The number of carboxylic acid groups (broad SMARTS) is 1. The van der Waals surface area contributed by atoms with Crippen LogP contribution in [0.15, 0.2) is 12.1 Å². The quantitative estimate of drug-likeness (QED) is 0.768. The van der Waals surface area contributed by atoms with Crippen molar-refractivity contribution in [3.63, 3.8) is 0 Å². The molecular weight excluding hydrogens is 308 g/mol. The van der Waals surface area contributed by atoms with Crippen molar-refractivity contribution in [2.24, 2.45) is 11.3 Å². The van der Waals surface area contributed by atoms with E-state index in [4.69, 9.17) is 11.6 Å². The Balaban J connectivity index is 2.13. The maximum absolute atomic E-state index is 12.0. The highest BCUT2D eigenvalue weighted by Gasteiger charge is 2.55. The Hall–Kier alpha value is -1.02. The van der Waals surface area contributed by atoms with Crippen LogP contribution in [0.25, 0.3) is 0 Å². The van der Waals surface area contributed by atoms with Gasteiger partial charge >= 0.3 is 5.97 Å². The van der Waals surface area contributed by atoms with Gasteiger partial charge in [-0.3, -0.25) is 4.79 Å². The van der Waals surface area contributed by atoms with Gasteiger partial charge in [-0.05, 0) is 72.6 Å². The highest BCUT2D eigenvalue weighted by atomic mass is 35.5. The summed E-state index contributed by atoms with van der Waals surface area (Å²) >= 11 is 6.57. The molecule has 2 aliphatic carbocycles. The van der Waals surface area contributed by atoms with Gasteiger partial charge in [0.15, 0.2) is 0 Å². The highest BCUT2D eigenvalue weighted by Crippen LogP contribution is 2.57. The number of hydrogen-bond acceptors (Lipinski definition) is 1. The maximum Gasteiger partial charge on any atom is 0.309 e. The Morgan fingerprint density at radius 1 is 1.30 bits per heavy atom. The Bertz CT molecular complexity index is 651. The fourth-order valence-electron chi connectivity index (χ4n) is 5.21. The first-order valence-electron chi connectivity index (χ1n) is 8.76. The van der Waals surface area contributed by atoms with Gasteiger partial charge in [-0.15, -0.1) is 0 Å². The van der Waals surface area contributed by atoms with Crippen LogP contribution in [0.1, 0.15) is 76.0 Å². The Morgan fingerprint density at radius 3 is 2.61 bits per heavy atom. The molecule has 1 saturated carbocycles. The van der Waals surface area contributed by atoms with Gasteiger partial charge in [-0.2, -0.15) is 0 Å². The van der Waals surface area contributed by atoms with E-state index in [1.807, 2.05) is 6.92 Å². The summed E-state index contributed by atoms with van der Waals surface area (Å²) in [6.07, 6.45) is 4.75. The van der Waals surface area contributed by atoms with Crippen molar-refractivity contribution < 1.29 is 9.90 Å². The van der Waals surface area contributed by atoms with Gasteiger partial charge in [-0.25, -0.2) is 0 Å². The minimum atomic E-state index is -0.637. The van der Waals surface area contributed by atoms with E-state index >= 15 is 0 Å². The average Bonchev–Trinajstić information content (AvgIpc) is 2.46. The third-order valence-corrected chi connectivity index (χ3v) is 6.91. The number of hydrogen-bond donors (Lipinski definition) is 1. The average molecular weight is 335 g/mol. The molecule has 0 aliphatic heterocycles. The first kappa shape index (κ1) is 16.8. The number of fused-ring (bicyclic) bond motifs is 3. The van der Waals surface area contributed by atoms with Crippen molar-refractivity contribution in [1.82, 2.24) is 0 Å². The fourth-order valence-corrected chi connectivity index (χ4v) is 5.59. The zero-order chi connectivity index (χ0) is 17.0. The molecular formula is C20H27ClO2. The molecule has 0 bridgehead atoms. The van der Waals surface area contributed by atoms with Crippen molar-refractivity contribution in [2.75, 3.05) is 0 Å². The van der Waals surface area contributed by atoms with Crippen molar-refractivity contribution in [1.29, 1.82) is 0 Å². The second-order valence-corrected chi connectivity index (χ2v) is 8.68. The first-order valence-corrected chi connectivity index (χ1v) is 9.14. The molecule has 0 saturated heterocycles. The number of carbonyl (C=O) groups is 1. The van der Waals surface area contributed by atoms with Gasteiger partial charge < -0.3 is 5.11 Å².